The number of esters is 1. The summed E-state index contributed by atoms with van der Waals surface area (Å²) >= 11 is 0. The highest BCUT2D eigenvalue weighted by atomic mass is 32.2. The van der Waals surface area contributed by atoms with Gasteiger partial charge in [-0.2, -0.15) is 5.10 Å². The van der Waals surface area contributed by atoms with Gasteiger partial charge < -0.3 is 19.7 Å². The van der Waals surface area contributed by atoms with Crippen LogP contribution in [-0.4, -0.2) is 63.7 Å². The third-order valence-electron chi connectivity index (χ3n) is 10.1. The van der Waals surface area contributed by atoms with E-state index in [1.165, 1.54) is 35.2 Å². The Labute approximate surface area is 313 Å². The highest BCUT2D eigenvalue weighted by molar-refractivity contribution is 7.91. The molecule has 2 aromatic heterocycles. The molecule has 0 amide bonds. The number of benzene rings is 3. The van der Waals surface area contributed by atoms with Crippen LogP contribution in [0.3, 0.4) is 0 Å². The van der Waals surface area contributed by atoms with Crippen LogP contribution in [0.2, 0.25) is 0 Å². The molecule has 0 saturated carbocycles. The van der Waals surface area contributed by atoms with Gasteiger partial charge in [0.1, 0.15) is 11.6 Å². The number of aromatic nitrogens is 4. The summed E-state index contributed by atoms with van der Waals surface area (Å²) in [6, 6.07) is 14.4. The number of H-pyrrole nitrogens is 1. The van der Waals surface area contributed by atoms with Crippen molar-refractivity contribution in [2.24, 2.45) is 23.5 Å². The Morgan fingerprint density at radius 1 is 1.15 bits per heavy atom. The number of sulfone groups is 1. The normalized spacial score (nSPS) is 19.4. The second-order valence-electron chi connectivity index (χ2n) is 14.9. The van der Waals surface area contributed by atoms with Crippen LogP contribution in [0.5, 0.6) is 11.5 Å². The maximum Gasteiger partial charge on any atom is 0.308 e. The lowest BCUT2D eigenvalue weighted by atomic mass is 9.74. The molecular weight excluding hydrogens is 717 g/mol. The lowest BCUT2D eigenvalue weighted by Crippen LogP contribution is -2.33. The van der Waals surface area contributed by atoms with E-state index in [4.69, 9.17) is 19.6 Å². The number of halogens is 2. The van der Waals surface area contributed by atoms with E-state index in [2.05, 4.69) is 10.1 Å². The molecule has 0 aliphatic carbocycles. The van der Waals surface area contributed by atoms with Gasteiger partial charge in [0, 0.05) is 35.8 Å². The Bertz CT molecular complexity index is 2320. The predicted molar refractivity (Wildman–Crippen MR) is 202 cm³/mol. The van der Waals surface area contributed by atoms with Crippen molar-refractivity contribution < 1.29 is 36.7 Å². The van der Waals surface area contributed by atoms with Crippen LogP contribution in [0.1, 0.15) is 69.5 Å². The molecule has 2 N–H and O–H groups in total. The van der Waals surface area contributed by atoms with Gasteiger partial charge in [0.05, 0.1) is 41.2 Å². The molecule has 4 bridgehead atoms. The molecule has 11 nitrogen and oxygen atoms in total. The summed E-state index contributed by atoms with van der Waals surface area (Å²) in [4.78, 5) is 20.3. The number of fused-ring (bicyclic) bond motifs is 8. The molecule has 3 aromatic carbocycles. The van der Waals surface area contributed by atoms with Crippen molar-refractivity contribution in [1.82, 2.24) is 19.7 Å². The van der Waals surface area contributed by atoms with Crippen molar-refractivity contribution in [2.45, 2.75) is 65.2 Å². The Morgan fingerprint density at radius 3 is 2.70 bits per heavy atom. The highest BCUT2D eigenvalue weighted by Crippen LogP contribution is 2.40. The molecule has 1 aliphatic rings. The van der Waals surface area contributed by atoms with Gasteiger partial charge in [0.2, 0.25) is 0 Å². The third-order valence-corrected chi connectivity index (χ3v) is 12.1. The molecule has 14 heteroatoms. The quantitative estimate of drug-likeness (QED) is 0.0775. The van der Waals surface area contributed by atoms with Crippen LogP contribution in [0.25, 0.3) is 22.3 Å². The number of rotatable bonds is 6. The number of aromatic amines is 1. The molecule has 2 atom stereocenters. The molecule has 0 saturated heterocycles. The van der Waals surface area contributed by atoms with Crippen LogP contribution in [-0.2, 0) is 44.7 Å². The molecule has 0 fully saturated rings. The molecule has 3 heterocycles. The van der Waals surface area contributed by atoms with Gasteiger partial charge in [-0.1, -0.05) is 51.5 Å². The van der Waals surface area contributed by atoms with E-state index in [-0.39, 0.29) is 59.2 Å². The van der Waals surface area contributed by atoms with Gasteiger partial charge in [-0.15, -0.1) is 5.16 Å². The minimum absolute atomic E-state index is 0.0121. The first-order valence-electron chi connectivity index (χ1n) is 18.0. The Kier molecular flexibility index (Phi) is 11.0. The first-order chi connectivity index (χ1) is 25.6. The number of ether oxygens (including phenoxy) is 2. The number of hydrogen-bond acceptors (Lipinski definition) is 9. The Hall–Kier alpha value is -5.11. The summed E-state index contributed by atoms with van der Waals surface area (Å²) < 4.78 is 71.7. The number of nitrogens with zero attached hydrogens (tertiary/aromatic N) is 4. The molecule has 5 aromatic rings. The average molecular weight is 762 g/mol. The van der Waals surface area contributed by atoms with Gasteiger partial charge in [-0.05, 0) is 73.4 Å². The highest BCUT2D eigenvalue weighted by Gasteiger charge is 2.39. The summed E-state index contributed by atoms with van der Waals surface area (Å²) in [7, 11) is -2.05. The van der Waals surface area contributed by atoms with Crippen molar-refractivity contribution in [3.8, 4) is 22.9 Å². The Morgan fingerprint density at radius 2 is 1.94 bits per heavy atom. The van der Waals surface area contributed by atoms with E-state index >= 15 is 8.78 Å². The zero-order valence-electron chi connectivity index (χ0n) is 31.0. The van der Waals surface area contributed by atoms with Crippen LogP contribution >= 0.6 is 0 Å². The number of carbonyl (C=O) groups excluding carboxylic acids is 1. The number of nitrogens with one attached hydrogen (secondary N) is 1. The number of carbonyl (C=O) groups is 1. The zero-order chi connectivity index (χ0) is 38.8. The Balaban J connectivity index is 1.52. The molecule has 6 rings (SSSR count). The fourth-order valence-corrected chi connectivity index (χ4v) is 9.46. The SMILES string of the molecule is CCOC(=O)C(C)Cc1cccc(C2(C=NO)CCCC(C)(C)CS(=O)(=O)CCc3c(c(F)cc4[nH]ccc34)Oc3ccc(F)c(c3)-c3nc2nn3C)c1. The standard InChI is InChI=1S/C40H45F2N5O6S/c1-6-52-37(48)25(2)19-26-9-7-10-27(20-26)40(23-44-49)16-8-15-39(3,4)24-54(50,51)18-14-30-29-13-17-43-34(29)22-33(42)35(30)53-28-11-12-32(41)31(21-28)36-45-38(40)46-47(36)5/h7,9-13,17,20-23,25,43,49H,6,8,14-16,18-19,24H2,1-5H3. The second kappa shape index (κ2) is 15.3. The first-order valence-corrected chi connectivity index (χ1v) is 19.8. The summed E-state index contributed by atoms with van der Waals surface area (Å²) in [5.74, 6) is -2.16. The van der Waals surface area contributed by atoms with E-state index in [0.717, 1.165) is 5.56 Å². The first kappa shape index (κ1) is 38.6. The lowest BCUT2D eigenvalue weighted by Gasteiger charge is -2.30. The predicted octanol–water partition coefficient (Wildman–Crippen LogP) is 7.69. The van der Waals surface area contributed by atoms with Crippen molar-refractivity contribution in [3.63, 3.8) is 0 Å². The number of oxime groups is 1. The largest absolute Gasteiger partial charge is 0.466 e. The molecule has 0 radical (unpaired) electrons. The van der Waals surface area contributed by atoms with Crippen molar-refractivity contribution in [1.29, 1.82) is 0 Å². The van der Waals surface area contributed by atoms with Crippen molar-refractivity contribution in [2.75, 3.05) is 18.1 Å². The van der Waals surface area contributed by atoms with Gasteiger partial charge in [0.25, 0.3) is 0 Å². The van der Waals surface area contributed by atoms with Gasteiger partial charge in [0.15, 0.2) is 33.1 Å². The molecule has 286 valence electrons. The van der Waals surface area contributed by atoms with Gasteiger partial charge in [-0.3, -0.25) is 4.79 Å². The van der Waals surface area contributed by atoms with Gasteiger partial charge >= 0.3 is 5.97 Å². The van der Waals surface area contributed by atoms with Crippen LogP contribution in [0.4, 0.5) is 8.78 Å². The minimum atomic E-state index is -3.67. The maximum atomic E-state index is 15.8. The molecular formula is C40H45F2N5O6S. The average Bonchev–Trinajstić information content (AvgIpc) is 3.74. The van der Waals surface area contributed by atoms with E-state index < -0.39 is 38.2 Å². The van der Waals surface area contributed by atoms with E-state index in [1.54, 1.807) is 33.2 Å². The van der Waals surface area contributed by atoms with E-state index in [1.807, 2.05) is 38.1 Å². The van der Waals surface area contributed by atoms with Crippen LogP contribution in [0, 0.1) is 23.0 Å². The summed E-state index contributed by atoms with van der Waals surface area (Å²) in [5, 5.41) is 19.0. The number of hydrogen-bond donors (Lipinski definition) is 2. The number of aryl methyl sites for hydroxylation is 2. The third kappa shape index (κ3) is 8.03. The lowest BCUT2D eigenvalue weighted by molar-refractivity contribution is -0.147. The molecule has 0 spiro atoms. The van der Waals surface area contributed by atoms with Crippen LogP contribution < -0.4 is 4.74 Å². The molecule has 54 heavy (non-hydrogen) atoms. The molecule has 2 unspecified atom stereocenters. The summed E-state index contributed by atoms with van der Waals surface area (Å²) in [6.07, 6.45) is 4.58. The van der Waals surface area contributed by atoms with Crippen molar-refractivity contribution >= 4 is 32.9 Å². The monoisotopic (exact) mass is 761 g/mol. The maximum absolute atomic E-state index is 15.8. The topological polar surface area (TPSA) is 149 Å². The second-order valence-corrected chi connectivity index (χ2v) is 17.0. The summed E-state index contributed by atoms with van der Waals surface area (Å²) in [5.41, 5.74) is 0.436. The molecule has 1 aliphatic heterocycles. The zero-order valence-corrected chi connectivity index (χ0v) is 31.8. The fraction of sp³-hybridized carbons (Fsp3) is 0.400. The minimum Gasteiger partial charge on any atom is -0.466 e. The van der Waals surface area contributed by atoms with Gasteiger partial charge in [-0.25, -0.2) is 26.9 Å². The smallest absolute Gasteiger partial charge is 0.308 e. The van der Waals surface area contributed by atoms with E-state index in [9.17, 15) is 18.4 Å². The van der Waals surface area contributed by atoms with Crippen LogP contribution in [0.15, 0.2) is 65.9 Å². The van der Waals surface area contributed by atoms with E-state index in [0.29, 0.717) is 47.7 Å². The van der Waals surface area contributed by atoms with Crippen molar-refractivity contribution in [3.05, 3.63) is 94.9 Å². The fourth-order valence-electron chi connectivity index (χ4n) is 7.47. The summed E-state index contributed by atoms with van der Waals surface area (Å²) in [6.45, 7) is 7.57.